The molecule has 0 saturated carbocycles. The average molecular weight is 348 g/mol. The van der Waals surface area contributed by atoms with Gasteiger partial charge >= 0.3 is 6.03 Å². The van der Waals surface area contributed by atoms with Crippen LogP contribution in [0.2, 0.25) is 10.0 Å². The lowest BCUT2D eigenvalue weighted by Crippen LogP contribution is -2.32. The summed E-state index contributed by atoms with van der Waals surface area (Å²) in [5, 5.41) is 5.15. The number of fused-ring (bicyclic) bond motifs is 1. The van der Waals surface area contributed by atoms with E-state index in [2.05, 4.69) is 5.01 Å². The number of nitrogens with zero attached hydrogens (tertiary/aromatic N) is 3. The van der Waals surface area contributed by atoms with Gasteiger partial charge in [-0.05, 0) is 30.7 Å². The number of carbonyl (C=O) groups excluding carboxylic acids is 1. The van der Waals surface area contributed by atoms with Crippen molar-refractivity contribution in [2.45, 2.75) is 12.6 Å². The molecule has 0 aromatic heterocycles. The van der Waals surface area contributed by atoms with Crippen molar-refractivity contribution >= 4 is 34.9 Å². The van der Waals surface area contributed by atoms with Gasteiger partial charge in [0.1, 0.15) is 6.17 Å². The zero-order valence-corrected chi connectivity index (χ0v) is 13.8. The van der Waals surface area contributed by atoms with Crippen LogP contribution in [0.5, 0.6) is 0 Å². The number of carbonyl (C=O) groups is 1. The molecule has 0 aliphatic carbocycles. The number of benzene rings is 2. The fourth-order valence-electron chi connectivity index (χ4n) is 3.32. The first kappa shape index (κ1) is 14.8. The van der Waals surface area contributed by atoms with Gasteiger partial charge in [-0.15, -0.1) is 0 Å². The topological polar surface area (TPSA) is 26.8 Å². The average Bonchev–Trinajstić information content (AvgIpc) is 3.10. The van der Waals surface area contributed by atoms with Crippen LogP contribution in [-0.4, -0.2) is 29.1 Å². The first-order chi connectivity index (χ1) is 11.2. The molecule has 6 heteroatoms. The highest BCUT2D eigenvalue weighted by molar-refractivity contribution is 6.31. The monoisotopic (exact) mass is 347 g/mol. The summed E-state index contributed by atoms with van der Waals surface area (Å²) < 4.78 is 0. The maximum Gasteiger partial charge on any atom is 0.340 e. The molecule has 2 saturated heterocycles. The second kappa shape index (κ2) is 5.71. The summed E-state index contributed by atoms with van der Waals surface area (Å²) in [4.78, 5) is 14.7. The van der Waals surface area contributed by atoms with E-state index < -0.39 is 0 Å². The molecule has 4 rings (SSSR count). The Hall–Kier alpha value is -1.75. The van der Waals surface area contributed by atoms with Gasteiger partial charge < -0.3 is 0 Å². The zero-order chi connectivity index (χ0) is 16.0. The Morgan fingerprint density at radius 1 is 1.00 bits per heavy atom. The summed E-state index contributed by atoms with van der Waals surface area (Å²) in [5.41, 5.74) is 1.70. The number of halogens is 2. The zero-order valence-electron chi connectivity index (χ0n) is 12.3. The normalized spacial score (nSPS) is 21.1. The molecule has 0 N–H and O–H groups in total. The molecule has 1 unspecified atom stereocenters. The van der Waals surface area contributed by atoms with Crippen molar-refractivity contribution < 1.29 is 4.79 Å². The quantitative estimate of drug-likeness (QED) is 0.796. The van der Waals surface area contributed by atoms with Crippen molar-refractivity contribution in [2.24, 2.45) is 0 Å². The van der Waals surface area contributed by atoms with E-state index in [1.165, 1.54) is 0 Å². The molecule has 2 fully saturated rings. The number of amides is 2. The third-order valence-corrected chi connectivity index (χ3v) is 4.87. The number of urea groups is 1. The minimum atomic E-state index is -0.239. The molecule has 23 heavy (non-hydrogen) atoms. The first-order valence-corrected chi connectivity index (χ1v) is 8.30. The molecule has 2 aromatic carbocycles. The van der Waals surface area contributed by atoms with Crippen LogP contribution in [0.4, 0.5) is 10.5 Å². The summed E-state index contributed by atoms with van der Waals surface area (Å²) in [6, 6.07) is 15.0. The summed E-state index contributed by atoms with van der Waals surface area (Å²) >= 11 is 12.5. The van der Waals surface area contributed by atoms with Crippen LogP contribution in [0.15, 0.2) is 48.5 Å². The number of rotatable bonds is 2. The van der Waals surface area contributed by atoms with E-state index in [1.807, 2.05) is 42.5 Å². The highest BCUT2D eigenvalue weighted by Gasteiger charge is 2.48. The van der Waals surface area contributed by atoms with Gasteiger partial charge in [0.25, 0.3) is 0 Å². The highest BCUT2D eigenvalue weighted by Crippen LogP contribution is 2.42. The van der Waals surface area contributed by atoms with Crippen molar-refractivity contribution in [1.82, 2.24) is 10.0 Å². The van der Waals surface area contributed by atoms with E-state index in [1.54, 1.807) is 16.0 Å². The van der Waals surface area contributed by atoms with Gasteiger partial charge in [-0.25, -0.2) is 4.79 Å². The van der Waals surface area contributed by atoms with Crippen LogP contribution >= 0.6 is 23.2 Å². The van der Waals surface area contributed by atoms with Crippen LogP contribution < -0.4 is 4.90 Å². The molecule has 2 aromatic rings. The minimum Gasteiger partial charge on any atom is -0.271 e. The highest BCUT2D eigenvalue weighted by atomic mass is 35.5. The van der Waals surface area contributed by atoms with E-state index in [-0.39, 0.29) is 12.2 Å². The largest absolute Gasteiger partial charge is 0.340 e. The van der Waals surface area contributed by atoms with Crippen molar-refractivity contribution in [2.75, 3.05) is 18.0 Å². The van der Waals surface area contributed by atoms with Gasteiger partial charge in [0.2, 0.25) is 0 Å². The number of hydrogen-bond donors (Lipinski definition) is 0. The maximum atomic E-state index is 12.9. The lowest BCUT2D eigenvalue weighted by Gasteiger charge is -2.28. The molecular weight excluding hydrogens is 333 g/mol. The number of hydrogen-bond acceptors (Lipinski definition) is 2. The van der Waals surface area contributed by atoms with Crippen LogP contribution in [0, 0.1) is 0 Å². The van der Waals surface area contributed by atoms with Crippen LogP contribution in [0.3, 0.4) is 0 Å². The Balaban J connectivity index is 1.85. The Labute approximate surface area is 144 Å². The number of hydrazine groups is 1. The predicted molar refractivity (Wildman–Crippen MR) is 91.5 cm³/mol. The molecule has 4 nitrogen and oxygen atoms in total. The molecule has 1 atom stereocenters. The lowest BCUT2D eigenvalue weighted by atomic mass is 10.1. The molecule has 118 valence electrons. The van der Waals surface area contributed by atoms with E-state index in [9.17, 15) is 4.79 Å². The van der Waals surface area contributed by atoms with Gasteiger partial charge in [0.05, 0.1) is 0 Å². The molecule has 2 aliphatic rings. The van der Waals surface area contributed by atoms with Crippen molar-refractivity contribution in [1.29, 1.82) is 0 Å². The Bertz CT molecular complexity index is 767. The molecule has 0 bridgehead atoms. The fourth-order valence-corrected chi connectivity index (χ4v) is 3.73. The van der Waals surface area contributed by atoms with Gasteiger partial charge in [-0.1, -0.05) is 47.5 Å². The minimum absolute atomic E-state index is 0.0327. The van der Waals surface area contributed by atoms with E-state index in [0.29, 0.717) is 10.0 Å². The number of anilines is 1. The van der Waals surface area contributed by atoms with Crippen molar-refractivity contribution in [3.8, 4) is 0 Å². The second-order valence-electron chi connectivity index (χ2n) is 5.67. The maximum absolute atomic E-state index is 12.9. The molecule has 2 amide bonds. The Morgan fingerprint density at radius 3 is 2.61 bits per heavy atom. The summed E-state index contributed by atoms with van der Waals surface area (Å²) in [7, 11) is 0. The van der Waals surface area contributed by atoms with Crippen molar-refractivity contribution in [3.05, 3.63) is 64.1 Å². The molecule has 0 spiro atoms. The van der Waals surface area contributed by atoms with E-state index in [4.69, 9.17) is 23.2 Å². The fraction of sp³-hybridized carbons (Fsp3) is 0.235. The van der Waals surface area contributed by atoms with Crippen LogP contribution in [0.25, 0.3) is 0 Å². The van der Waals surface area contributed by atoms with Crippen molar-refractivity contribution in [3.63, 3.8) is 0 Å². The predicted octanol–water partition coefficient (Wildman–Crippen LogP) is 4.55. The molecule has 2 aliphatic heterocycles. The van der Waals surface area contributed by atoms with Gasteiger partial charge in [0.15, 0.2) is 0 Å². The third-order valence-electron chi connectivity index (χ3n) is 4.29. The first-order valence-electron chi connectivity index (χ1n) is 7.54. The van der Waals surface area contributed by atoms with Crippen LogP contribution in [-0.2, 0) is 0 Å². The molecule has 0 radical (unpaired) electrons. The summed E-state index contributed by atoms with van der Waals surface area (Å²) in [5.74, 6) is 0. The molecular formula is C17H15Cl2N3O. The second-order valence-corrected chi connectivity index (χ2v) is 6.51. The van der Waals surface area contributed by atoms with E-state index >= 15 is 0 Å². The van der Waals surface area contributed by atoms with Gasteiger partial charge in [-0.2, -0.15) is 5.01 Å². The van der Waals surface area contributed by atoms with Crippen LogP contribution in [0.1, 0.15) is 18.2 Å². The third kappa shape index (κ3) is 2.38. The lowest BCUT2D eigenvalue weighted by molar-refractivity contribution is 0.0728. The van der Waals surface area contributed by atoms with E-state index in [0.717, 1.165) is 30.8 Å². The molecule has 2 heterocycles. The Kier molecular flexibility index (Phi) is 3.68. The van der Waals surface area contributed by atoms with Gasteiger partial charge in [0, 0.05) is 34.4 Å². The SMILES string of the molecule is O=C1N(c2cccc(Cl)c2)C(c2ccccc2Cl)N2CCCN12. The smallest absolute Gasteiger partial charge is 0.271 e. The van der Waals surface area contributed by atoms with Gasteiger partial charge in [-0.3, -0.25) is 9.91 Å². The summed E-state index contributed by atoms with van der Waals surface area (Å²) in [6.07, 6.45) is 0.730. The summed E-state index contributed by atoms with van der Waals surface area (Å²) in [6.45, 7) is 1.57. The standard InChI is InChI=1S/C17H15Cl2N3O/c18-12-5-3-6-13(11-12)22-16(14-7-1-2-8-15(14)19)20-9-4-10-21(20)17(22)23/h1-3,5-8,11,16H,4,9-10H2. The Morgan fingerprint density at radius 2 is 1.83 bits per heavy atom.